The summed E-state index contributed by atoms with van der Waals surface area (Å²) in [5, 5.41) is 10.2. The first-order chi connectivity index (χ1) is 17.3. The number of alkyl halides is 3. The number of nitrogens with zero attached hydrogens (tertiary/aromatic N) is 1. The van der Waals surface area contributed by atoms with E-state index in [4.69, 9.17) is 14.9 Å². The van der Waals surface area contributed by atoms with Gasteiger partial charge in [0.1, 0.15) is 18.0 Å². The average Bonchev–Trinajstić information content (AvgIpc) is 3.04. The fourth-order valence-electron chi connectivity index (χ4n) is 3.51. The number of nitrogens with one attached hydrogen (secondary N) is 2. The lowest BCUT2D eigenvalue weighted by atomic mass is 10.0. The first kappa shape index (κ1) is 27.4. The van der Waals surface area contributed by atoms with E-state index in [2.05, 4.69) is 5.32 Å². The zero-order chi connectivity index (χ0) is 27.4. The van der Waals surface area contributed by atoms with Gasteiger partial charge >= 0.3 is 12.3 Å². The molecule has 2 aromatic carbocycles. The Morgan fingerprint density at radius 3 is 2.24 bits per heavy atom. The summed E-state index contributed by atoms with van der Waals surface area (Å²) >= 11 is 0. The predicted molar refractivity (Wildman–Crippen MR) is 130 cm³/mol. The highest BCUT2D eigenvalue weighted by molar-refractivity contribution is 6.08. The van der Waals surface area contributed by atoms with Crippen molar-refractivity contribution in [3.8, 4) is 5.75 Å². The summed E-state index contributed by atoms with van der Waals surface area (Å²) < 4.78 is 48.9. The fraction of sp³-hybridized carbons (Fsp3) is 0.308. The number of fused-ring (bicyclic) bond motifs is 1. The Morgan fingerprint density at radius 2 is 1.65 bits per heavy atom. The molecular weight excluding hydrogens is 491 g/mol. The van der Waals surface area contributed by atoms with Gasteiger partial charge in [0.15, 0.2) is 0 Å². The molecule has 11 heteroatoms. The number of amides is 2. The molecule has 2 amide bonds. The summed E-state index contributed by atoms with van der Waals surface area (Å²) in [6.07, 6.45) is -3.28. The molecule has 196 valence electrons. The first-order valence-electron chi connectivity index (χ1n) is 11.3. The van der Waals surface area contributed by atoms with E-state index in [1.165, 1.54) is 23.2 Å². The summed E-state index contributed by atoms with van der Waals surface area (Å²) in [5.41, 5.74) is 0.480. The van der Waals surface area contributed by atoms with Crippen molar-refractivity contribution < 1.29 is 37.0 Å². The molecular formula is C26H26F3N3O5. The van der Waals surface area contributed by atoms with Crippen LogP contribution in [0.1, 0.15) is 52.6 Å². The largest absolute Gasteiger partial charge is 0.491 e. The third-order valence-corrected chi connectivity index (χ3v) is 5.21. The van der Waals surface area contributed by atoms with Crippen molar-refractivity contribution in [2.24, 2.45) is 0 Å². The van der Waals surface area contributed by atoms with Gasteiger partial charge in [-0.3, -0.25) is 14.9 Å². The molecule has 37 heavy (non-hydrogen) atoms. The Morgan fingerprint density at radius 1 is 1.03 bits per heavy atom. The minimum Gasteiger partial charge on any atom is -0.491 e. The number of allylic oxidation sites excluding steroid dienone is 1. The zero-order valence-electron chi connectivity index (χ0n) is 20.4. The minimum atomic E-state index is -5.00. The second-order valence-electron chi connectivity index (χ2n) is 9.19. The summed E-state index contributed by atoms with van der Waals surface area (Å²) in [5.74, 6) is -1.88. The predicted octanol–water partition coefficient (Wildman–Crippen LogP) is 4.98. The summed E-state index contributed by atoms with van der Waals surface area (Å²) in [6, 6.07) is 9.44. The Labute approximate surface area is 211 Å². The number of hydrogen-bond acceptors (Lipinski definition) is 6. The molecule has 0 saturated heterocycles. The molecule has 2 aromatic rings. The number of benzene rings is 2. The van der Waals surface area contributed by atoms with E-state index < -0.39 is 35.1 Å². The maximum absolute atomic E-state index is 13.1. The van der Waals surface area contributed by atoms with Crippen LogP contribution < -0.4 is 10.1 Å². The van der Waals surface area contributed by atoms with Gasteiger partial charge in [0.05, 0.1) is 6.54 Å². The number of alkyl carbamates (subject to hydrolysis) is 1. The third-order valence-electron chi connectivity index (χ3n) is 5.21. The maximum Gasteiger partial charge on any atom is 0.454 e. The SMILES string of the molecule is CC(C)(C)OC(=O)N/C=C(\C=N)c1ccc2c(c1)CN(C(=O)c1ccc(C(=O)C(F)(F)F)cc1)CCO2. The minimum absolute atomic E-state index is 0.125. The van der Waals surface area contributed by atoms with Crippen LogP contribution in [-0.4, -0.2) is 53.8 Å². The highest BCUT2D eigenvalue weighted by Crippen LogP contribution is 2.28. The molecule has 0 fully saturated rings. The number of rotatable bonds is 5. The highest BCUT2D eigenvalue weighted by Gasteiger charge is 2.39. The van der Waals surface area contributed by atoms with Crippen LogP contribution in [0.15, 0.2) is 48.7 Å². The molecule has 0 radical (unpaired) electrons. The fourth-order valence-corrected chi connectivity index (χ4v) is 3.51. The summed E-state index contributed by atoms with van der Waals surface area (Å²) in [4.78, 5) is 37.9. The molecule has 0 bridgehead atoms. The van der Waals surface area contributed by atoms with Crippen molar-refractivity contribution in [1.82, 2.24) is 10.2 Å². The molecule has 1 aliphatic heterocycles. The second kappa shape index (κ2) is 10.9. The van der Waals surface area contributed by atoms with Gasteiger partial charge in [-0.15, -0.1) is 0 Å². The van der Waals surface area contributed by atoms with Gasteiger partial charge in [-0.05, 0) is 50.6 Å². The summed E-state index contributed by atoms with van der Waals surface area (Å²) in [7, 11) is 0. The quantitative estimate of drug-likeness (QED) is 0.430. The topological polar surface area (TPSA) is 109 Å². The van der Waals surface area contributed by atoms with E-state index in [9.17, 15) is 27.6 Å². The van der Waals surface area contributed by atoms with Crippen LogP contribution in [0, 0.1) is 5.41 Å². The van der Waals surface area contributed by atoms with Crippen LogP contribution in [0.5, 0.6) is 5.75 Å². The van der Waals surface area contributed by atoms with Crippen LogP contribution in [0.2, 0.25) is 0 Å². The highest BCUT2D eigenvalue weighted by atomic mass is 19.4. The van der Waals surface area contributed by atoms with Crippen molar-refractivity contribution in [2.45, 2.75) is 39.1 Å². The number of ketones is 1. The lowest BCUT2D eigenvalue weighted by Gasteiger charge is -2.20. The molecule has 0 aromatic heterocycles. The number of hydrogen-bond donors (Lipinski definition) is 2. The number of carbonyl (C=O) groups is 3. The van der Waals surface area contributed by atoms with Gasteiger partial charge in [0.2, 0.25) is 0 Å². The molecule has 0 unspecified atom stereocenters. The summed E-state index contributed by atoms with van der Waals surface area (Å²) in [6.45, 7) is 5.73. The van der Waals surface area contributed by atoms with Crippen molar-refractivity contribution in [2.75, 3.05) is 13.2 Å². The van der Waals surface area contributed by atoms with Gasteiger partial charge in [0.25, 0.3) is 11.7 Å². The first-order valence-corrected chi connectivity index (χ1v) is 11.3. The van der Waals surface area contributed by atoms with E-state index in [0.717, 1.165) is 18.3 Å². The van der Waals surface area contributed by atoms with Gasteiger partial charge < -0.3 is 19.8 Å². The van der Waals surface area contributed by atoms with E-state index in [0.29, 0.717) is 22.4 Å². The van der Waals surface area contributed by atoms with Crippen molar-refractivity contribution in [3.63, 3.8) is 0 Å². The van der Waals surface area contributed by atoms with Crippen LogP contribution in [0.3, 0.4) is 0 Å². The molecule has 0 atom stereocenters. The number of ether oxygens (including phenoxy) is 2. The van der Waals surface area contributed by atoms with Crippen molar-refractivity contribution in [1.29, 1.82) is 5.41 Å². The maximum atomic E-state index is 13.1. The average molecular weight is 518 g/mol. The Balaban J connectivity index is 1.79. The number of carbonyl (C=O) groups excluding carboxylic acids is 3. The Kier molecular flexibility index (Phi) is 8.05. The lowest BCUT2D eigenvalue weighted by molar-refractivity contribution is -0.0885. The molecule has 0 saturated carbocycles. The Bertz CT molecular complexity index is 1230. The smallest absolute Gasteiger partial charge is 0.454 e. The van der Waals surface area contributed by atoms with Crippen molar-refractivity contribution >= 4 is 29.6 Å². The molecule has 1 heterocycles. The van der Waals surface area contributed by atoms with Crippen molar-refractivity contribution in [3.05, 3.63) is 70.9 Å². The molecule has 2 N–H and O–H groups in total. The van der Waals surface area contributed by atoms with E-state index >= 15 is 0 Å². The normalized spacial score (nSPS) is 14.1. The third kappa shape index (κ3) is 7.18. The van der Waals surface area contributed by atoms with E-state index in [-0.39, 0.29) is 25.3 Å². The molecule has 1 aliphatic rings. The molecule has 3 rings (SSSR count). The van der Waals surface area contributed by atoms with Gasteiger partial charge in [0, 0.05) is 41.2 Å². The molecule has 8 nitrogen and oxygen atoms in total. The van der Waals surface area contributed by atoms with E-state index in [1.807, 2.05) is 0 Å². The van der Waals surface area contributed by atoms with Crippen LogP contribution in [0.25, 0.3) is 5.57 Å². The van der Waals surface area contributed by atoms with Crippen LogP contribution in [0.4, 0.5) is 18.0 Å². The van der Waals surface area contributed by atoms with Crippen LogP contribution in [-0.2, 0) is 11.3 Å². The van der Waals surface area contributed by atoms with Gasteiger partial charge in [-0.1, -0.05) is 18.2 Å². The second-order valence-corrected chi connectivity index (χ2v) is 9.19. The molecule has 0 aliphatic carbocycles. The monoisotopic (exact) mass is 517 g/mol. The molecule has 0 spiro atoms. The lowest BCUT2D eigenvalue weighted by Crippen LogP contribution is -2.32. The standard InChI is InChI=1S/C26H26F3N3O5/c1-25(2,3)37-24(35)31-14-20(13-30)18-8-9-21-19(12-18)15-32(10-11-36-21)23(34)17-6-4-16(5-7-17)22(33)26(27,28)29/h4-9,12-14,30H,10-11,15H2,1-3H3,(H,31,35)/b20-14+,30-13?. The van der Waals surface area contributed by atoms with E-state index in [1.54, 1.807) is 39.0 Å². The van der Waals surface area contributed by atoms with Crippen LogP contribution >= 0.6 is 0 Å². The van der Waals surface area contributed by atoms with Gasteiger partial charge in [-0.25, -0.2) is 4.79 Å². The number of halogens is 3. The number of Topliss-reactive ketones (excluding diaryl/α,β-unsaturated/α-hetero) is 1. The Hall–Kier alpha value is -4.15. The zero-order valence-corrected chi connectivity index (χ0v) is 20.4. The van der Waals surface area contributed by atoms with Gasteiger partial charge in [-0.2, -0.15) is 13.2 Å².